The van der Waals surface area contributed by atoms with Crippen LogP contribution >= 0.6 is 0 Å². The summed E-state index contributed by atoms with van der Waals surface area (Å²) >= 11 is 0. The van der Waals surface area contributed by atoms with Crippen molar-refractivity contribution in [3.63, 3.8) is 0 Å². The minimum absolute atomic E-state index is 0.0217. The Morgan fingerprint density at radius 3 is 1.83 bits per heavy atom. The third kappa shape index (κ3) is 1.90. The molecule has 2 nitrogen and oxygen atoms in total. The zero-order chi connectivity index (χ0) is 9.99. The molecule has 0 aliphatic heterocycles. The fourth-order valence-corrected chi connectivity index (χ4v) is 0.875. The van der Waals surface area contributed by atoms with Crippen molar-refractivity contribution in [3.05, 3.63) is 0 Å². The molecule has 0 amide bonds. The highest BCUT2D eigenvalue weighted by Gasteiger charge is 2.52. The topological polar surface area (TPSA) is 15.3 Å². The fraction of sp³-hybridized carbons (Fsp3) is 1.00. The fourth-order valence-electron chi connectivity index (χ4n) is 0.875. The first-order valence-electron chi connectivity index (χ1n) is 3.77. The maximum absolute atomic E-state index is 12.5. The minimum Gasteiger partial charge on any atom is -0.258 e. The van der Waals surface area contributed by atoms with Crippen molar-refractivity contribution in [1.82, 2.24) is 10.4 Å². The van der Waals surface area contributed by atoms with Crippen LogP contribution in [0.1, 0.15) is 20.3 Å². The standard InChI is InChI=1S/C7H15F3N2/c1-5-6(2,7(8,9)10)12(4)11-3/h11H,5H2,1-4H3. The molecule has 74 valence electrons. The van der Waals surface area contributed by atoms with Crippen LogP contribution in [0.15, 0.2) is 0 Å². The Morgan fingerprint density at radius 2 is 1.75 bits per heavy atom. The summed E-state index contributed by atoms with van der Waals surface area (Å²) in [6.07, 6.45) is -4.19. The van der Waals surface area contributed by atoms with Gasteiger partial charge in [0, 0.05) is 7.05 Å². The van der Waals surface area contributed by atoms with E-state index < -0.39 is 11.7 Å². The van der Waals surface area contributed by atoms with Crippen LogP contribution < -0.4 is 5.43 Å². The second kappa shape index (κ2) is 3.62. The zero-order valence-electron chi connectivity index (χ0n) is 7.79. The Balaban J connectivity index is 4.67. The summed E-state index contributed by atoms with van der Waals surface area (Å²) in [5.74, 6) is 0. The highest BCUT2D eigenvalue weighted by Crippen LogP contribution is 2.35. The van der Waals surface area contributed by atoms with Crippen molar-refractivity contribution < 1.29 is 13.2 Å². The molecule has 0 heterocycles. The first kappa shape index (κ1) is 11.7. The Labute approximate surface area is 70.7 Å². The number of hydrazine groups is 1. The summed E-state index contributed by atoms with van der Waals surface area (Å²) < 4.78 is 37.4. The minimum atomic E-state index is -4.21. The van der Waals surface area contributed by atoms with Crippen molar-refractivity contribution in [2.45, 2.75) is 32.0 Å². The van der Waals surface area contributed by atoms with Crippen LogP contribution in [0.25, 0.3) is 0 Å². The molecule has 0 radical (unpaired) electrons. The van der Waals surface area contributed by atoms with Gasteiger partial charge in [0.05, 0.1) is 0 Å². The van der Waals surface area contributed by atoms with Crippen molar-refractivity contribution in [2.75, 3.05) is 14.1 Å². The molecule has 0 spiro atoms. The smallest absolute Gasteiger partial charge is 0.258 e. The van der Waals surface area contributed by atoms with E-state index in [1.165, 1.54) is 27.9 Å². The maximum atomic E-state index is 12.5. The van der Waals surface area contributed by atoms with E-state index in [1.54, 1.807) is 0 Å². The lowest BCUT2D eigenvalue weighted by atomic mass is 9.98. The van der Waals surface area contributed by atoms with Gasteiger partial charge in [-0.25, -0.2) is 5.01 Å². The molecule has 0 saturated heterocycles. The van der Waals surface area contributed by atoms with E-state index in [4.69, 9.17) is 0 Å². The van der Waals surface area contributed by atoms with Gasteiger partial charge < -0.3 is 0 Å². The molecule has 1 atom stereocenters. The molecular weight excluding hydrogens is 169 g/mol. The average molecular weight is 184 g/mol. The molecule has 0 aromatic heterocycles. The molecule has 0 aromatic rings. The van der Waals surface area contributed by atoms with Gasteiger partial charge in [0.25, 0.3) is 0 Å². The summed E-state index contributed by atoms with van der Waals surface area (Å²) in [4.78, 5) is 0. The third-order valence-electron chi connectivity index (χ3n) is 2.37. The van der Waals surface area contributed by atoms with Crippen molar-refractivity contribution in [1.29, 1.82) is 0 Å². The number of alkyl halides is 3. The Hall–Kier alpha value is -0.290. The van der Waals surface area contributed by atoms with Crippen LogP contribution in [-0.4, -0.2) is 30.8 Å². The monoisotopic (exact) mass is 184 g/mol. The van der Waals surface area contributed by atoms with Crippen LogP contribution in [-0.2, 0) is 0 Å². The molecule has 0 rings (SSSR count). The van der Waals surface area contributed by atoms with Gasteiger partial charge in [-0.3, -0.25) is 5.43 Å². The largest absolute Gasteiger partial charge is 0.407 e. The number of nitrogens with one attached hydrogen (secondary N) is 1. The summed E-state index contributed by atoms with van der Waals surface area (Å²) in [6, 6.07) is 0. The third-order valence-corrected chi connectivity index (χ3v) is 2.37. The van der Waals surface area contributed by atoms with Crippen LogP contribution in [0.5, 0.6) is 0 Å². The summed E-state index contributed by atoms with van der Waals surface area (Å²) in [6.45, 7) is 2.69. The van der Waals surface area contributed by atoms with Gasteiger partial charge in [-0.05, 0) is 20.4 Å². The second-order valence-electron chi connectivity index (χ2n) is 2.91. The molecule has 1 unspecified atom stereocenters. The molecule has 12 heavy (non-hydrogen) atoms. The Morgan fingerprint density at radius 1 is 1.33 bits per heavy atom. The van der Waals surface area contributed by atoms with Crippen LogP contribution in [0.3, 0.4) is 0 Å². The molecule has 0 aromatic carbocycles. The van der Waals surface area contributed by atoms with E-state index in [1.807, 2.05) is 0 Å². The number of hydrogen-bond acceptors (Lipinski definition) is 2. The first-order chi connectivity index (χ1) is 5.29. The molecule has 0 fully saturated rings. The molecule has 0 aliphatic carbocycles. The summed E-state index contributed by atoms with van der Waals surface area (Å²) in [5, 5.41) is 1.08. The summed E-state index contributed by atoms with van der Waals surface area (Å²) in [5.41, 5.74) is 0.686. The van der Waals surface area contributed by atoms with Gasteiger partial charge in [-0.1, -0.05) is 6.92 Å². The lowest BCUT2D eigenvalue weighted by Gasteiger charge is -2.38. The lowest BCUT2D eigenvalue weighted by Crippen LogP contribution is -2.58. The van der Waals surface area contributed by atoms with E-state index in [2.05, 4.69) is 5.43 Å². The molecule has 1 N–H and O–H groups in total. The van der Waals surface area contributed by atoms with E-state index in [-0.39, 0.29) is 6.42 Å². The highest BCUT2D eigenvalue weighted by atomic mass is 19.4. The lowest BCUT2D eigenvalue weighted by molar-refractivity contribution is -0.231. The average Bonchev–Trinajstić information content (AvgIpc) is 1.99. The van der Waals surface area contributed by atoms with Crippen LogP contribution in [0, 0.1) is 0 Å². The number of hydrogen-bond donors (Lipinski definition) is 1. The first-order valence-corrected chi connectivity index (χ1v) is 3.77. The molecule has 0 aliphatic rings. The number of nitrogens with zero attached hydrogens (tertiary/aromatic N) is 1. The Bertz CT molecular complexity index is 146. The van der Waals surface area contributed by atoms with Crippen molar-refractivity contribution >= 4 is 0 Å². The molecule has 0 bridgehead atoms. The predicted octanol–water partition coefficient (Wildman–Crippen LogP) is 1.78. The second-order valence-corrected chi connectivity index (χ2v) is 2.91. The van der Waals surface area contributed by atoms with Gasteiger partial charge in [-0.15, -0.1) is 0 Å². The van der Waals surface area contributed by atoms with Crippen LogP contribution in [0.2, 0.25) is 0 Å². The maximum Gasteiger partial charge on any atom is 0.407 e. The molecule has 5 heteroatoms. The highest BCUT2D eigenvalue weighted by molar-refractivity contribution is 4.88. The normalized spacial score (nSPS) is 18.0. The molecular formula is C7H15F3N2. The van der Waals surface area contributed by atoms with E-state index in [0.717, 1.165) is 5.01 Å². The van der Waals surface area contributed by atoms with Gasteiger partial charge in [0.15, 0.2) is 0 Å². The number of halogens is 3. The van der Waals surface area contributed by atoms with Gasteiger partial charge >= 0.3 is 6.18 Å². The van der Waals surface area contributed by atoms with Crippen molar-refractivity contribution in [3.8, 4) is 0 Å². The van der Waals surface area contributed by atoms with Crippen LogP contribution in [0.4, 0.5) is 13.2 Å². The quantitative estimate of drug-likeness (QED) is 0.672. The predicted molar refractivity (Wildman–Crippen MR) is 41.6 cm³/mol. The zero-order valence-corrected chi connectivity index (χ0v) is 7.79. The van der Waals surface area contributed by atoms with E-state index in [0.29, 0.717) is 0 Å². The van der Waals surface area contributed by atoms with Gasteiger partial charge in [-0.2, -0.15) is 13.2 Å². The van der Waals surface area contributed by atoms with E-state index >= 15 is 0 Å². The van der Waals surface area contributed by atoms with Crippen molar-refractivity contribution in [2.24, 2.45) is 0 Å². The number of rotatable bonds is 3. The SMILES string of the molecule is CCC(C)(N(C)NC)C(F)(F)F. The summed E-state index contributed by atoms with van der Waals surface area (Å²) in [7, 11) is 2.86. The van der Waals surface area contributed by atoms with Gasteiger partial charge in [0.2, 0.25) is 0 Å². The molecule has 0 saturated carbocycles. The van der Waals surface area contributed by atoms with Gasteiger partial charge in [0.1, 0.15) is 5.54 Å². The van der Waals surface area contributed by atoms with E-state index in [9.17, 15) is 13.2 Å². The Kier molecular flexibility index (Phi) is 3.53.